The molecule has 30 heavy (non-hydrogen) atoms. The van der Waals surface area contributed by atoms with Crippen molar-refractivity contribution in [2.24, 2.45) is 5.92 Å². The molecule has 1 aliphatic heterocycles. The molecule has 0 saturated carbocycles. The predicted octanol–water partition coefficient (Wildman–Crippen LogP) is 2.83. The van der Waals surface area contributed by atoms with E-state index in [4.69, 9.17) is 0 Å². The second-order valence-electron chi connectivity index (χ2n) is 7.67. The van der Waals surface area contributed by atoms with E-state index in [0.29, 0.717) is 19.4 Å². The van der Waals surface area contributed by atoms with Crippen molar-refractivity contribution in [1.82, 2.24) is 9.62 Å². The number of hydrogen-bond donors (Lipinski definition) is 2. The van der Waals surface area contributed by atoms with Crippen LogP contribution in [0.1, 0.15) is 29.5 Å². The van der Waals surface area contributed by atoms with Gasteiger partial charge in [-0.05, 0) is 56.2 Å². The molecule has 162 valence electrons. The summed E-state index contributed by atoms with van der Waals surface area (Å²) < 4.78 is 27.1. The number of carbonyl (C=O) groups is 2. The summed E-state index contributed by atoms with van der Waals surface area (Å²) in [7, 11) is -3.58. The van der Waals surface area contributed by atoms with Gasteiger partial charge in [-0.15, -0.1) is 11.3 Å². The fourth-order valence-electron chi connectivity index (χ4n) is 3.78. The summed E-state index contributed by atoms with van der Waals surface area (Å²) in [5.41, 5.74) is 3.81. The lowest BCUT2D eigenvalue weighted by molar-refractivity contribution is -0.128. The molecule has 2 amide bonds. The molecule has 1 atom stereocenters. The molecule has 0 radical (unpaired) electrons. The molecule has 0 bridgehead atoms. The molecule has 2 heterocycles. The first kappa shape index (κ1) is 22.5. The number of piperidine rings is 1. The Hall–Kier alpha value is -2.23. The van der Waals surface area contributed by atoms with Gasteiger partial charge in [0.25, 0.3) is 10.0 Å². The van der Waals surface area contributed by atoms with Crippen LogP contribution in [0.15, 0.2) is 33.9 Å². The van der Waals surface area contributed by atoms with E-state index in [-0.39, 0.29) is 29.1 Å². The Morgan fingerprint density at radius 3 is 2.53 bits per heavy atom. The molecule has 7 nitrogen and oxygen atoms in total. The number of amides is 2. The van der Waals surface area contributed by atoms with Gasteiger partial charge in [-0.1, -0.05) is 23.8 Å². The number of nitrogens with zero attached hydrogens (tertiary/aromatic N) is 1. The SMILES string of the molecule is Cc1cc(C)c(NC(=O)CNC(=O)C2CCCN(S(=O)(=O)c3cccs3)C2)c(C)c1. The van der Waals surface area contributed by atoms with Crippen LogP contribution in [0.5, 0.6) is 0 Å². The molecule has 1 aliphatic rings. The minimum absolute atomic E-state index is 0.129. The van der Waals surface area contributed by atoms with Crippen molar-refractivity contribution >= 4 is 38.9 Å². The normalized spacial score (nSPS) is 17.5. The lowest BCUT2D eigenvalue weighted by Crippen LogP contribution is -2.46. The minimum Gasteiger partial charge on any atom is -0.347 e. The average molecular weight is 450 g/mol. The number of hydrogen-bond acceptors (Lipinski definition) is 5. The van der Waals surface area contributed by atoms with Gasteiger partial charge in [0.15, 0.2) is 0 Å². The van der Waals surface area contributed by atoms with Crippen LogP contribution in [0, 0.1) is 26.7 Å². The van der Waals surface area contributed by atoms with E-state index in [1.807, 2.05) is 32.9 Å². The molecule has 1 saturated heterocycles. The number of anilines is 1. The Bertz CT molecular complexity index is 1010. The van der Waals surface area contributed by atoms with E-state index >= 15 is 0 Å². The highest BCUT2D eigenvalue weighted by molar-refractivity contribution is 7.91. The molecule has 0 spiro atoms. The van der Waals surface area contributed by atoms with Crippen LogP contribution >= 0.6 is 11.3 Å². The fourth-order valence-corrected chi connectivity index (χ4v) is 6.45. The summed E-state index contributed by atoms with van der Waals surface area (Å²) in [6.07, 6.45) is 1.21. The number of aryl methyl sites for hydroxylation is 3. The summed E-state index contributed by atoms with van der Waals surface area (Å²) in [6, 6.07) is 7.25. The quantitative estimate of drug-likeness (QED) is 0.709. The van der Waals surface area contributed by atoms with E-state index in [0.717, 1.165) is 22.4 Å². The average Bonchev–Trinajstić information content (AvgIpc) is 3.24. The molecular weight excluding hydrogens is 422 g/mol. The Balaban J connectivity index is 1.56. The third-order valence-corrected chi connectivity index (χ3v) is 8.45. The Morgan fingerprint density at radius 1 is 1.20 bits per heavy atom. The molecule has 1 aromatic carbocycles. The van der Waals surface area contributed by atoms with Crippen LogP contribution in [-0.2, 0) is 19.6 Å². The van der Waals surface area contributed by atoms with Crippen molar-refractivity contribution in [2.75, 3.05) is 25.0 Å². The zero-order chi connectivity index (χ0) is 21.9. The third kappa shape index (κ3) is 5.08. The molecular formula is C21H27N3O4S2. The number of nitrogens with one attached hydrogen (secondary N) is 2. The van der Waals surface area contributed by atoms with Crippen LogP contribution in [0.3, 0.4) is 0 Å². The van der Waals surface area contributed by atoms with Gasteiger partial charge in [0.2, 0.25) is 11.8 Å². The first-order valence-corrected chi connectivity index (χ1v) is 12.2. The number of thiophene rings is 1. The second kappa shape index (κ2) is 9.28. The number of carbonyl (C=O) groups excluding carboxylic acids is 2. The Kier molecular flexibility index (Phi) is 6.95. The van der Waals surface area contributed by atoms with Gasteiger partial charge >= 0.3 is 0 Å². The first-order valence-electron chi connectivity index (χ1n) is 9.87. The standard InChI is InChI=1S/C21H27N3O4S2/c1-14-10-15(2)20(16(3)11-14)23-18(25)12-22-21(26)17-6-4-8-24(13-17)30(27,28)19-7-5-9-29-19/h5,7,9-11,17H,4,6,8,12-13H2,1-3H3,(H,22,26)(H,23,25). The number of rotatable bonds is 6. The third-order valence-electron chi connectivity index (χ3n) is 5.21. The first-order chi connectivity index (χ1) is 14.2. The Morgan fingerprint density at radius 2 is 1.90 bits per heavy atom. The van der Waals surface area contributed by atoms with Gasteiger partial charge in [0.1, 0.15) is 4.21 Å². The topological polar surface area (TPSA) is 95.6 Å². The van der Waals surface area contributed by atoms with Crippen molar-refractivity contribution in [3.05, 3.63) is 46.3 Å². The van der Waals surface area contributed by atoms with E-state index < -0.39 is 15.9 Å². The highest BCUT2D eigenvalue weighted by Gasteiger charge is 2.33. The summed E-state index contributed by atoms with van der Waals surface area (Å²) in [5.74, 6) is -1.07. The van der Waals surface area contributed by atoms with Gasteiger partial charge in [0.05, 0.1) is 12.5 Å². The molecule has 3 rings (SSSR count). The maximum atomic E-state index is 12.7. The summed E-state index contributed by atoms with van der Waals surface area (Å²) in [5, 5.41) is 7.24. The molecule has 1 fully saturated rings. The smallest absolute Gasteiger partial charge is 0.252 e. The van der Waals surface area contributed by atoms with Gasteiger partial charge in [-0.3, -0.25) is 9.59 Å². The summed E-state index contributed by atoms with van der Waals surface area (Å²) in [6.45, 7) is 6.23. The van der Waals surface area contributed by atoms with Crippen molar-refractivity contribution in [3.63, 3.8) is 0 Å². The van der Waals surface area contributed by atoms with E-state index in [2.05, 4.69) is 10.6 Å². The van der Waals surface area contributed by atoms with Gasteiger partial charge in [-0.25, -0.2) is 8.42 Å². The minimum atomic E-state index is -3.58. The van der Waals surface area contributed by atoms with E-state index in [1.54, 1.807) is 17.5 Å². The van der Waals surface area contributed by atoms with E-state index in [9.17, 15) is 18.0 Å². The summed E-state index contributed by atoms with van der Waals surface area (Å²) >= 11 is 1.17. The molecule has 9 heteroatoms. The van der Waals surface area contributed by atoms with Crippen LogP contribution in [0.2, 0.25) is 0 Å². The summed E-state index contributed by atoms with van der Waals surface area (Å²) in [4.78, 5) is 24.9. The van der Waals surface area contributed by atoms with Crippen molar-refractivity contribution in [2.45, 2.75) is 37.8 Å². The number of sulfonamides is 1. The lowest BCUT2D eigenvalue weighted by Gasteiger charge is -2.30. The van der Waals surface area contributed by atoms with Crippen LogP contribution in [0.25, 0.3) is 0 Å². The van der Waals surface area contributed by atoms with Gasteiger partial charge in [0, 0.05) is 18.8 Å². The fraction of sp³-hybridized carbons (Fsp3) is 0.429. The van der Waals surface area contributed by atoms with E-state index in [1.165, 1.54) is 15.6 Å². The molecule has 1 unspecified atom stereocenters. The van der Waals surface area contributed by atoms with Gasteiger partial charge < -0.3 is 10.6 Å². The zero-order valence-electron chi connectivity index (χ0n) is 17.4. The monoisotopic (exact) mass is 449 g/mol. The molecule has 0 aliphatic carbocycles. The van der Waals surface area contributed by atoms with Gasteiger partial charge in [-0.2, -0.15) is 4.31 Å². The van der Waals surface area contributed by atoms with Crippen LogP contribution in [-0.4, -0.2) is 44.2 Å². The zero-order valence-corrected chi connectivity index (χ0v) is 19.0. The highest BCUT2D eigenvalue weighted by atomic mass is 32.2. The second-order valence-corrected chi connectivity index (χ2v) is 10.8. The number of benzene rings is 1. The van der Waals surface area contributed by atoms with Crippen LogP contribution < -0.4 is 10.6 Å². The highest BCUT2D eigenvalue weighted by Crippen LogP contribution is 2.26. The predicted molar refractivity (Wildman–Crippen MR) is 118 cm³/mol. The van der Waals surface area contributed by atoms with Crippen molar-refractivity contribution in [1.29, 1.82) is 0 Å². The maximum absolute atomic E-state index is 12.7. The lowest BCUT2D eigenvalue weighted by atomic mass is 9.99. The molecule has 1 aromatic heterocycles. The largest absolute Gasteiger partial charge is 0.347 e. The maximum Gasteiger partial charge on any atom is 0.252 e. The van der Waals surface area contributed by atoms with Crippen LogP contribution in [0.4, 0.5) is 5.69 Å². The Labute approximate surface area is 181 Å². The molecule has 2 aromatic rings. The van der Waals surface area contributed by atoms with Crippen molar-refractivity contribution in [3.8, 4) is 0 Å². The molecule has 2 N–H and O–H groups in total. The van der Waals surface area contributed by atoms with Crippen molar-refractivity contribution < 1.29 is 18.0 Å².